The van der Waals surface area contributed by atoms with Gasteiger partial charge in [0, 0.05) is 17.4 Å². The summed E-state index contributed by atoms with van der Waals surface area (Å²) in [5, 5.41) is 13.9. The standard InChI is InChI=1S/C16H14FN5O/c1-23-14-4-2-3-13(9-14)19-15-10-18-22-16(21-15)20-12-7-5-11(17)6-8-12/h2-10H,1H3,(H2,19,20,21,22). The van der Waals surface area contributed by atoms with Gasteiger partial charge in [-0.1, -0.05) is 6.07 Å². The predicted octanol–water partition coefficient (Wildman–Crippen LogP) is 3.51. The Kier molecular flexibility index (Phi) is 4.28. The van der Waals surface area contributed by atoms with E-state index < -0.39 is 0 Å². The fourth-order valence-corrected chi connectivity index (χ4v) is 1.93. The lowest BCUT2D eigenvalue weighted by Gasteiger charge is -2.08. The SMILES string of the molecule is COc1cccc(Nc2cnnc(Nc3ccc(F)cc3)n2)c1. The number of hydrogen-bond acceptors (Lipinski definition) is 6. The van der Waals surface area contributed by atoms with Crippen molar-refractivity contribution in [1.82, 2.24) is 15.2 Å². The van der Waals surface area contributed by atoms with Crippen LogP contribution in [0.25, 0.3) is 0 Å². The number of halogens is 1. The summed E-state index contributed by atoms with van der Waals surface area (Å²) < 4.78 is 18.1. The Bertz CT molecular complexity index is 794. The van der Waals surface area contributed by atoms with Gasteiger partial charge in [-0.2, -0.15) is 10.1 Å². The van der Waals surface area contributed by atoms with Crippen LogP contribution in [0.5, 0.6) is 5.75 Å². The molecule has 0 atom stereocenters. The van der Waals surface area contributed by atoms with E-state index in [1.807, 2.05) is 24.3 Å². The Morgan fingerprint density at radius 1 is 1.00 bits per heavy atom. The molecule has 7 heteroatoms. The third-order valence-electron chi connectivity index (χ3n) is 3.00. The molecule has 0 amide bonds. The first-order valence-corrected chi connectivity index (χ1v) is 6.86. The maximum absolute atomic E-state index is 12.9. The average Bonchev–Trinajstić information content (AvgIpc) is 2.57. The number of anilines is 4. The van der Waals surface area contributed by atoms with Gasteiger partial charge in [0.1, 0.15) is 11.6 Å². The van der Waals surface area contributed by atoms with Crippen LogP contribution in [0.1, 0.15) is 0 Å². The van der Waals surface area contributed by atoms with Crippen molar-refractivity contribution in [3.8, 4) is 5.75 Å². The largest absolute Gasteiger partial charge is 0.497 e. The lowest BCUT2D eigenvalue weighted by molar-refractivity contribution is 0.415. The number of hydrogen-bond donors (Lipinski definition) is 2. The summed E-state index contributed by atoms with van der Waals surface area (Å²) in [5.41, 5.74) is 1.49. The van der Waals surface area contributed by atoms with Gasteiger partial charge in [0.25, 0.3) is 0 Å². The molecule has 0 radical (unpaired) electrons. The minimum Gasteiger partial charge on any atom is -0.497 e. The third-order valence-corrected chi connectivity index (χ3v) is 3.00. The molecule has 0 saturated carbocycles. The molecular weight excluding hydrogens is 297 g/mol. The first-order chi connectivity index (χ1) is 11.2. The fraction of sp³-hybridized carbons (Fsp3) is 0.0625. The number of ether oxygens (including phenoxy) is 1. The van der Waals surface area contributed by atoms with Crippen LogP contribution in [0.2, 0.25) is 0 Å². The molecule has 6 nitrogen and oxygen atoms in total. The zero-order valence-corrected chi connectivity index (χ0v) is 12.3. The van der Waals surface area contributed by atoms with E-state index >= 15 is 0 Å². The molecule has 23 heavy (non-hydrogen) atoms. The molecule has 0 fully saturated rings. The van der Waals surface area contributed by atoms with E-state index in [9.17, 15) is 4.39 Å². The van der Waals surface area contributed by atoms with E-state index in [-0.39, 0.29) is 5.82 Å². The summed E-state index contributed by atoms with van der Waals surface area (Å²) in [7, 11) is 1.61. The minimum atomic E-state index is -0.303. The van der Waals surface area contributed by atoms with Gasteiger partial charge in [0.2, 0.25) is 5.95 Å². The molecule has 116 valence electrons. The number of benzene rings is 2. The molecule has 3 aromatic rings. The molecule has 2 N–H and O–H groups in total. The highest BCUT2D eigenvalue weighted by atomic mass is 19.1. The van der Waals surface area contributed by atoms with E-state index in [4.69, 9.17) is 4.74 Å². The van der Waals surface area contributed by atoms with Gasteiger partial charge in [0.15, 0.2) is 5.82 Å². The van der Waals surface area contributed by atoms with Crippen LogP contribution in [0, 0.1) is 5.82 Å². The Labute approximate surface area is 132 Å². The Hall–Kier alpha value is -3.22. The van der Waals surface area contributed by atoms with Crippen molar-refractivity contribution in [1.29, 1.82) is 0 Å². The van der Waals surface area contributed by atoms with Crippen LogP contribution in [-0.2, 0) is 0 Å². The second-order valence-corrected chi connectivity index (χ2v) is 4.65. The number of methoxy groups -OCH3 is 1. The van der Waals surface area contributed by atoms with E-state index in [1.54, 1.807) is 19.2 Å². The first-order valence-electron chi connectivity index (χ1n) is 6.86. The van der Waals surface area contributed by atoms with Crippen LogP contribution in [0.15, 0.2) is 54.7 Å². The molecule has 2 aromatic carbocycles. The molecule has 0 aliphatic carbocycles. The summed E-state index contributed by atoms with van der Waals surface area (Å²) in [6.45, 7) is 0. The van der Waals surface area contributed by atoms with Gasteiger partial charge in [-0.3, -0.25) is 0 Å². The van der Waals surface area contributed by atoms with Gasteiger partial charge >= 0.3 is 0 Å². The zero-order chi connectivity index (χ0) is 16.1. The van der Waals surface area contributed by atoms with E-state index in [1.165, 1.54) is 18.3 Å². The fourth-order valence-electron chi connectivity index (χ4n) is 1.93. The van der Waals surface area contributed by atoms with Gasteiger partial charge in [-0.25, -0.2) is 4.39 Å². The molecular formula is C16H14FN5O. The highest BCUT2D eigenvalue weighted by molar-refractivity contribution is 5.59. The van der Waals surface area contributed by atoms with Crippen LogP contribution in [-0.4, -0.2) is 22.3 Å². The van der Waals surface area contributed by atoms with E-state index in [0.29, 0.717) is 17.5 Å². The maximum Gasteiger partial charge on any atom is 0.249 e. The molecule has 0 spiro atoms. The maximum atomic E-state index is 12.9. The molecule has 0 aliphatic rings. The molecule has 0 saturated heterocycles. The molecule has 0 aliphatic heterocycles. The van der Waals surface area contributed by atoms with Gasteiger partial charge in [-0.15, -0.1) is 5.10 Å². The number of aromatic nitrogens is 3. The lowest BCUT2D eigenvalue weighted by atomic mass is 10.3. The van der Waals surface area contributed by atoms with Crippen molar-refractivity contribution < 1.29 is 9.13 Å². The molecule has 1 heterocycles. The summed E-state index contributed by atoms with van der Waals surface area (Å²) in [5.74, 6) is 1.27. The second-order valence-electron chi connectivity index (χ2n) is 4.65. The quantitative estimate of drug-likeness (QED) is 0.751. The lowest BCUT2D eigenvalue weighted by Crippen LogP contribution is -2.02. The van der Waals surface area contributed by atoms with Gasteiger partial charge < -0.3 is 15.4 Å². The topological polar surface area (TPSA) is 72.0 Å². The van der Waals surface area contributed by atoms with Crippen LogP contribution in [0.4, 0.5) is 27.5 Å². The summed E-state index contributed by atoms with van der Waals surface area (Å²) in [4.78, 5) is 4.31. The van der Waals surface area contributed by atoms with Crippen molar-refractivity contribution >= 4 is 23.1 Å². The molecule has 0 unspecified atom stereocenters. The minimum absolute atomic E-state index is 0.303. The monoisotopic (exact) mass is 311 g/mol. The Morgan fingerprint density at radius 2 is 1.83 bits per heavy atom. The normalized spacial score (nSPS) is 10.2. The van der Waals surface area contributed by atoms with Gasteiger partial charge in [0.05, 0.1) is 13.3 Å². The summed E-state index contributed by atoms with van der Waals surface area (Å²) in [6, 6.07) is 13.4. The molecule has 1 aromatic heterocycles. The van der Waals surface area contributed by atoms with Crippen LogP contribution < -0.4 is 15.4 Å². The number of nitrogens with one attached hydrogen (secondary N) is 2. The Morgan fingerprint density at radius 3 is 2.61 bits per heavy atom. The van der Waals surface area contributed by atoms with Crippen molar-refractivity contribution in [2.75, 3.05) is 17.7 Å². The van der Waals surface area contributed by atoms with Crippen molar-refractivity contribution in [2.24, 2.45) is 0 Å². The summed E-state index contributed by atoms with van der Waals surface area (Å²) in [6.07, 6.45) is 1.51. The second kappa shape index (κ2) is 6.69. The average molecular weight is 311 g/mol. The number of rotatable bonds is 5. The van der Waals surface area contributed by atoms with Crippen molar-refractivity contribution in [3.05, 3.63) is 60.5 Å². The van der Waals surface area contributed by atoms with E-state index in [0.717, 1.165) is 11.4 Å². The smallest absolute Gasteiger partial charge is 0.249 e. The van der Waals surface area contributed by atoms with Crippen molar-refractivity contribution in [2.45, 2.75) is 0 Å². The molecule has 0 bridgehead atoms. The zero-order valence-electron chi connectivity index (χ0n) is 12.3. The van der Waals surface area contributed by atoms with E-state index in [2.05, 4.69) is 25.8 Å². The summed E-state index contributed by atoms with van der Waals surface area (Å²) >= 11 is 0. The number of nitrogens with zero attached hydrogens (tertiary/aromatic N) is 3. The van der Waals surface area contributed by atoms with Gasteiger partial charge in [-0.05, 0) is 36.4 Å². The van der Waals surface area contributed by atoms with Crippen LogP contribution in [0.3, 0.4) is 0 Å². The first kappa shape index (κ1) is 14.7. The third kappa shape index (κ3) is 3.91. The predicted molar refractivity (Wildman–Crippen MR) is 85.8 cm³/mol. The van der Waals surface area contributed by atoms with Crippen molar-refractivity contribution in [3.63, 3.8) is 0 Å². The highest BCUT2D eigenvalue weighted by Gasteiger charge is 2.03. The highest BCUT2D eigenvalue weighted by Crippen LogP contribution is 2.20. The Balaban J connectivity index is 1.75. The molecule has 3 rings (SSSR count). The van der Waals surface area contributed by atoms with Crippen LogP contribution >= 0.6 is 0 Å².